The van der Waals surface area contributed by atoms with E-state index in [0.29, 0.717) is 11.8 Å². The Bertz CT molecular complexity index is 572. The zero-order chi connectivity index (χ0) is 15.6. The van der Waals surface area contributed by atoms with Crippen molar-refractivity contribution in [2.75, 3.05) is 11.5 Å². The largest absolute Gasteiger partial charge is 0.399 e. The first-order chi connectivity index (χ1) is 9.88. The molecule has 0 atom stereocenters. The molecule has 0 spiro atoms. The fourth-order valence-electron chi connectivity index (χ4n) is 2.83. The van der Waals surface area contributed by atoms with Crippen LogP contribution in [0.3, 0.4) is 0 Å². The van der Waals surface area contributed by atoms with E-state index in [4.69, 9.17) is 11.5 Å². The predicted molar refractivity (Wildman–Crippen MR) is 92.7 cm³/mol. The van der Waals surface area contributed by atoms with Crippen LogP contribution in [0.5, 0.6) is 0 Å². The van der Waals surface area contributed by atoms with Gasteiger partial charge in [-0.05, 0) is 64.8 Å². The molecule has 0 aliphatic carbocycles. The fraction of sp³-hybridized carbons (Fsp3) is 0.368. The lowest BCUT2D eigenvalue weighted by atomic mass is 9.88. The van der Waals surface area contributed by atoms with Crippen molar-refractivity contribution in [3.63, 3.8) is 0 Å². The molecule has 2 heteroatoms. The number of rotatable bonds is 4. The second-order valence-electron chi connectivity index (χ2n) is 6.40. The maximum Gasteiger partial charge on any atom is 0.0317 e. The lowest BCUT2D eigenvalue weighted by Crippen LogP contribution is -2.03. The molecule has 2 aromatic carbocycles. The molecular weight excluding hydrogens is 256 g/mol. The van der Waals surface area contributed by atoms with Gasteiger partial charge in [0.2, 0.25) is 0 Å². The molecule has 0 radical (unpaired) electrons. The van der Waals surface area contributed by atoms with Crippen molar-refractivity contribution in [1.29, 1.82) is 0 Å². The molecule has 0 unspecified atom stereocenters. The fourth-order valence-corrected chi connectivity index (χ4v) is 2.83. The Hall–Kier alpha value is -1.96. The van der Waals surface area contributed by atoms with Crippen LogP contribution in [0.2, 0.25) is 0 Å². The predicted octanol–water partition coefficient (Wildman–Crippen LogP) is 4.69. The molecule has 21 heavy (non-hydrogen) atoms. The van der Waals surface area contributed by atoms with E-state index in [1.165, 1.54) is 22.3 Å². The monoisotopic (exact) mass is 282 g/mol. The van der Waals surface area contributed by atoms with Crippen molar-refractivity contribution in [2.24, 2.45) is 0 Å². The Morgan fingerprint density at radius 3 is 1.43 bits per heavy atom. The number of anilines is 2. The lowest BCUT2D eigenvalue weighted by Gasteiger charge is -2.17. The van der Waals surface area contributed by atoms with Crippen LogP contribution in [-0.4, -0.2) is 0 Å². The Kier molecular flexibility index (Phi) is 4.56. The first-order valence-electron chi connectivity index (χ1n) is 7.65. The molecule has 0 saturated heterocycles. The highest BCUT2D eigenvalue weighted by Gasteiger charge is 2.12. The van der Waals surface area contributed by atoms with Crippen molar-refractivity contribution in [2.45, 2.75) is 46.0 Å². The maximum absolute atomic E-state index is 5.94. The first kappa shape index (κ1) is 15.4. The molecule has 2 nitrogen and oxygen atoms in total. The molecule has 2 rings (SSSR count). The summed E-state index contributed by atoms with van der Waals surface area (Å²) in [4.78, 5) is 0. The van der Waals surface area contributed by atoms with E-state index in [-0.39, 0.29) is 0 Å². The Morgan fingerprint density at radius 2 is 1.10 bits per heavy atom. The van der Waals surface area contributed by atoms with E-state index in [2.05, 4.69) is 52.0 Å². The summed E-state index contributed by atoms with van der Waals surface area (Å²) < 4.78 is 0. The number of hydrogen-bond donors (Lipinski definition) is 2. The van der Waals surface area contributed by atoms with E-state index in [0.717, 1.165) is 17.8 Å². The van der Waals surface area contributed by atoms with Gasteiger partial charge in [0, 0.05) is 11.4 Å². The van der Waals surface area contributed by atoms with E-state index >= 15 is 0 Å². The summed E-state index contributed by atoms with van der Waals surface area (Å²) in [7, 11) is 0. The maximum atomic E-state index is 5.94. The molecule has 0 fully saturated rings. The average Bonchev–Trinajstić information content (AvgIpc) is 2.42. The van der Waals surface area contributed by atoms with Crippen LogP contribution in [0.15, 0.2) is 36.4 Å². The van der Waals surface area contributed by atoms with Crippen molar-refractivity contribution in [3.05, 3.63) is 58.7 Å². The molecule has 0 saturated carbocycles. The lowest BCUT2D eigenvalue weighted by molar-refractivity contribution is 0.831. The highest BCUT2D eigenvalue weighted by atomic mass is 14.5. The molecular formula is C19H26N2. The molecule has 0 aromatic heterocycles. The molecule has 2 aromatic rings. The SMILES string of the molecule is CC(C)c1cc(N)ccc1Cc1ccc(N)cc1C(C)C. The van der Waals surface area contributed by atoms with Crippen LogP contribution in [0.1, 0.15) is 61.8 Å². The van der Waals surface area contributed by atoms with E-state index < -0.39 is 0 Å². The zero-order valence-corrected chi connectivity index (χ0v) is 13.5. The van der Waals surface area contributed by atoms with Crippen LogP contribution in [0, 0.1) is 0 Å². The standard InChI is InChI=1S/C19H26N2/c1-12(2)18-10-16(20)7-5-14(18)9-15-6-8-17(21)11-19(15)13(3)4/h5-8,10-13H,9,20-21H2,1-4H3. The second kappa shape index (κ2) is 6.21. The molecule has 0 aliphatic heterocycles. The highest BCUT2D eigenvalue weighted by molar-refractivity contribution is 5.50. The van der Waals surface area contributed by atoms with E-state index in [1.807, 2.05) is 12.1 Å². The quantitative estimate of drug-likeness (QED) is 0.799. The highest BCUT2D eigenvalue weighted by Crippen LogP contribution is 2.28. The Balaban J connectivity index is 2.43. The van der Waals surface area contributed by atoms with Gasteiger partial charge in [-0.15, -0.1) is 0 Å². The van der Waals surface area contributed by atoms with Gasteiger partial charge in [0.05, 0.1) is 0 Å². The minimum absolute atomic E-state index is 0.472. The first-order valence-corrected chi connectivity index (χ1v) is 7.65. The van der Waals surface area contributed by atoms with Gasteiger partial charge in [0.15, 0.2) is 0 Å². The molecule has 0 amide bonds. The van der Waals surface area contributed by atoms with Crippen LogP contribution < -0.4 is 11.5 Å². The van der Waals surface area contributed by atoms with E-state index in [1.54, 1.807) is 0 Å². The minimum atomic E-state index is 0.472. The number of hydrogen-bond acceptors (Lipinski definition) is 2. The molecule has 4 N–H and O–H groups in total. The van der Waals surface area contributed by atoms with Gasteiger partial charge in [-0.2, -0.15) is 0 Å². The van der Waals surface area contributed by atoms with Crippen LogP contribution in [0.25, 0.3) is 0 Å². The van der Waals surface area contributed by atoms with Gasteiger partial charge < -0.3 is 11.5 Å². The van der Waals surface area contributed by atoms with E-state index in [9.17, 15) is 0 Å². The van der Waals surface area contributed by atoms with Gasteiger partial charge in [0.25, 0.3) is 0 Å². The number of nitrogen functional groups attached to an aromatic ring is 2. The summed E-state index contributed by atoms with van der Waals surface area (Å²) in [5.41, 5.74) is 18.9. The number of benzene rings is 2. The van der Waals surface area contributed by atoms with Gasteiger partial charge >= 0.3 is 0 Å². The summed E-state index contributed by atoms with van der Waals surface area (Å²) >= 11 is 0. The van der Waals surface area contributed by atoms with Crippen LogP contribution in [-0.2, 0) is 6.42 Å². The normalized spacial score (nSPS) is 11.3. The van der Waals surface area contributed by atoms with Gasteiger partial charge in [0.1, 0.15) is 0 Å². The summed E-state index contributed by atoms with van der Waals surface area (Å²) in [6.07, 6.45) is 0.932. The summed E-state index contributed by atoms with van der Waals surface area (Å²) in [6, 6.07) is 12.5. The summed E-state index contributed by atoms with van der Waals surface area (Å²) in [6.45, 7) is 8.85. The van der Waals surface area contributed by atoms with Crippen molar-refractivity contribution in [1.82, 2.24) is 0 Å². The summed E-state index contributed by atoms with van der Waals surface area (Å²) in [5.74, 6) is 0.944. The van der Waals surface area contributed by atoms with Crippen LogP contribution >= 0.6 is 0 Å². The van der Waals surface area contributed by atoms with Gasteiger partial charge in [-0.25, -0.2) is 0 Å². The Labute approximate surface area is 128 Å². The third-order valence-electron chi connectivity index (χ3n) is 3.96. The zero-order valence-electron chi connectivity index (χ0n) is 13.5. The third kappa shape index (κ3) is 3.57. The molecule has 0 bridgehead atoms. The average molecular weight is 282 g/mol. The smallest absolute Gasteiger partial charge is 0.0317 e. The third-order valence-corrected chi connectivity index (χ3v) is 3.96. The van der Waals surface area contributed by atoms with Gasteiger partial charge in [-0.3, -0.25) is 0 Å². The van der Waals surface area contributed by atoms with Crippen molar-refractivity contribution in [3.8, 4) is 0 Å². The van der Waals surface area contributed by atoms with Crippen molar-refractivity contribution >= 4 is 11.4 Å². The topological polar surface area (TPSA) is 52.0 Å². The van der Waals surface area contributed by atoms with Crippen LogP contribution in [0.4, 0.5) is 11.4 Å². The molecule has 0 heterocycles. The minimum Gasteiger partial charge on any atom is -0.399 e. The second-order valence-corrected chi connectivity index (χ2v) is 6.40. The Morgan fingerprint density at radius 1 is 0.714 bits per heavy atom. The molecule has 112 valence electrons. The van der Waals surface area contributed by atoms with Gasteiger partial charge in [-0.1, -0.05) is 39.8 Å². The summed E-state index contributed by atoms with van der Waals surface area (Å²) in [5, 5.41) is 0. The van der Waals surface area contributed by atoms with Crippen molar-refractivity contribution < 1.29 is 0 Å². The number of nitrogens with two attached hydrogens (primary N) is 2. The molecule has 0 aliphatic rings.